The second-order valence-electron chi connectivity index (χ2n) is 4.14. The number of nitrogens with zero attached hydrogens (tertiary/aromatic N) is 1. The molecule has 0 aliphatic carbocycles. The predicted molar refractivity (Wildman–Crippen MR) is 74.9 cm³/mol. The van der Waals surface area contributed by atoms with E-state index in [9.17, 15) is 4.79 Å². The first-order chi connectivity index (χ1) is 8.75. The summed E-state index contributed by atoms with van der Waals surface area (Å²) in [5, 5.41) is 0. The van der Waals surface area contributed by atoms with Crippen LogP contribution in [0, 0.1) is 6.92 Å². The molecule has 1 saturated heterocycles. The molecule has 0 spiro atoms. The Labute approximate surface area is 110 Å². The van der Waals surface area contributed by atoms with E-state index in [1.165, 1.54) is 5.69 Å². The van der Waals surface area contributed by atoms with Crippen molar-refractivity contribution >= 4 is 11.5 Å². The number of rotatable bonds is 3. The monoisotopic (exact) mass is 248 g/mol. The Morgan fingerprint density at radius 2 is 1.78 bits per heavy atom. The van der Waals surface area contributed by atoms with Gasteiger partial charge in [-0.2, -0.15) is 0 Å². The molecule has 99 valence electrons. The molecule has 3 nitrogen and oxygen atoms in total. The zero-order chi connectivity index (χ0) is 13.4. The topological polar surface area (TPSA) is 29.5 Å². The molecule has 1 aliphatic heterocycles. The lowest BCUT2D eigenvalue weighted by Gasteiger charge is -2.28. The molecule has 0 bridgehead atoms. The Hall–Kier alpha value is -1.35. The number of Topliss-reactive ketones (excluding diaryl/α,β-unsaturated/α-hetero) is 1. The molecule has 0 unspecified atom stereocenters. The number of hydrogen-bond donors (Lipinski definition) is 0. The summed E-state index contributed by atoms with van der Waals surface area (Å²) in [5.41, 5.74) is 2.31. The van der Waals surface area contributed by atoms with Crippen molar-refractivity contribution in [3.05, 3.63) is 36.8 Å². The highest BCUT2D eigenvalue weighted by atomic mass is 16.5. The molecular weight excluding hydrogens is 226 g/mol. The van der Waals surface area contributed by atoms with Crippen molar-refractivity contribution in [1.29, 1.82) is 0 Å². The van der Waals surface area contributed by atoms with Crippen molar-refractivity contribution < 1.29 is 9.53 Å². The summed E-state index contributed by atoms with van der Waals surface area (Å²) in [4.78, 5) is 13.3. The van der Waals surface area contributed by atoms with E-state index in [0.717, 1.165) is 31.9 Å². The zero-order valence-corrected chi connectivity index (χ0v) is 11.3. The van der Waals surface area contributed by atoms with Crippen LogP contribution in [0.1, 0.15) is 19.4 Å². The van der Waals surface area contributed by atoms with Gasteiger partial charge in [-0.25, -0.2) is 0 Å². The van der Waals surface area contributed by atoms with Crippen LogP contribution < -0.4 is 4.90 Å². The molecule has 0 amide bonds. The van der Waals surface area contributed by atoms with E-state index in [0.29, 0.717) is 6.42 Å². The Bertz CT molecular complexity index is 353. The smallest absolute Gasteiger partial charge is 0.134 e. The first-order valence-corrected chi connectivity index (χ1v) is 6.37. The van der Waals surface area contributed by atoms with Gasteiger partial charge in [0, 0.05) is 25.2 Å². The fourth-order valence-electron chi connectivity index (χ4n) is 1.93. The van der Waals surface area contributed by atoms with Gasteiger partial charge >= 0.3 is 0 Å². The summed E-state index contributed by atoms with van der Waals surface area (Å²) in [6.45, 7) is 10.1. The highest BCUT2D eigenvalue weighted by Crippen LogP contribution is 2.16. The summed E-state index contributed by atoms with van der Waals surface area (Å²) in [6.07, 6.45) is 0.531. The number of ketones is 1. The van der Waals surface area contributed by atoms with E-state index in [4.69, 9.17) is 4.74 Å². The quantitative estimate of drug-likeness (QED) is 0.823. The number of morpholine rings is 1. The predicted octanol–water partition coefficient (Wildman–Crippen LogP) is 2.50. The summed E-state index contributed by atoms with van der Waals surface area (Å²) in [6, 6.07) is 8.24. The Kier molecular flexibility index (Phi) is 6.44. The van der Waals surface area contributed by atoms with E-state index in [-0.39, 0.29) is 5.78 Å². The third-order valence-electron chi connectivity index (χ3n) is 2.77. The van der Waals surface area contributed by atoms with Crippen LogP contribution in [0.4, 0.5) is 5.69 Å². The molecular formula is C15H22NO2. The Morgan fingerprint density at radius 1 is 1.22 bits per heavy atom. The Balaban J connectivity index is 0.000000771. The van der Waals surface area contributed by atoms with Crippen molar-refractivity contribution in [2.24, 2.45) is 0 Å². The van der Waals surface area contributed by atoms with Gasteiger partial charge in [-0.15, -0.1) is 0 Å². The summed E-state index contributed by atoms with van der Waals surface area (Å²) >= 11 is 0. The minimum atomic E-state index is 0.208. The maximum Gasteiger partial charge on any atom is 0.134 e. The SMILES string of the molecule is CC(=O)Cc1ccc(N2CCOCC2)cc1.[CH2]C. The second kappa shape index (κ2) is 7.88. The normalized spacial score (nSPS) is 14.7. The van der Waals surface area contributed by atoms with E-state index in [1.807, 2.05) is 12.1 Å². The van der Waals surface area contributed by atoms with Crippen molar-refractivity contribution in [2.45, 2.75) is 20.3 Å². The number of carbonyl (C=O) groups is 1. The molecule has 3 heteroatoms. The molecule has 18 heavy (non-hydrogen) atoms. The molecule has 2 rings (SSSR count). The molecule has 1 aromatic carbocycles. The van der Waals surface area contributed by atoms with Gasteiger partial charge in [0.2, 0.25) is 0 Å². The van der Waals surface area contributed by atoms with Crippen molar-refractivity contribution in [3.8, 4) is 0 Å². The van der Waals surface area contributed by atoms with Crippen LogP contribution in [0.25, 0.3) is 0 Å². The minimum absolute atomic E-state index is 0.208. The van der Waals surface area contributed by atoms with Crippen LogP contribution in [-0.2, 0) is 16.0 Å². The maximum absolute atomic E-state index is 11.0. The first-order valence-electron chi connectivity index (χ1n) is 6.37. The van der Waals surface area contributed by atoms with Gasteiger partial charge in [-0.1, -0.05) is 26.0 Å². The lowest BCUT2D eigenvalue weighted by molar-refractivity contribution is -0.116. The summed E-state index contributed by atoms with van der Waals surface area (Å²) in [5.74, 6) is 0.208. The van der Waals surface area contributed by atoms with E-state index < -0.39 is 0 Å². The lowest BCUT2D eigenvalue weighted by Crippen LogP contribution is -2.36. The molecule has 0 N–H and O–H groups in total. The van der Waals surface area contributed by atoms with E-state index >= 15 is 0 Å². The van der Waals surface area contributed by atoms with Gasteiger partial charge in [0.25, 0.3) is 0 Å². The number of carbonyl (C=O) groups excluding carboxylic acids is 1. The molecule has 1 fully saturated rings. The van der Waals surface area contributed by atoms with Crippen LogP contribution in [0.15, 0.2) is 24.3 Å². The molecule has 0 atom stereocenters. The van der Waals surface area contributed by atoms with Gasteiger partial charge < -0.3 is 9.64 Å². The molecule has 1 aromatic rings. The van der Waals surface area contributed by atoms with Crippen LogP contribution in [0.5, 0.6) is 0 Å². The highest BCUT2D eigenvalue weighted by Gasteiger charge is 2.10. The zero-order valence-electron chi connectivity index (χ0n) is 11.3. The molecule has 0 aromatic heterocycles. The number of anilines is 1. The highest BCUT2D eigenvalue weighted by molar-refractivity contribution is 5.78. The van der Waals surface area contributed by atoms with Crippen molar-refractivity contribution in [3.63, 3.8) is 0 Å². The molecule has 1 aliphatic rings. The van der Waals surface area contributed by atoms with Crippen LogP contribution in [-0.4, -0.2) is 32.1 Å². The number of hydrogen-bond acceptors (Lipinski definition) is 3. The number of benzene rings is 1. The van der Waals surface area contributed by atoms with Gasteiger partial charge in [0.05, 0.1) is 13.2 Å². The first kappa shape index (κ1) is 14.7. The standard InChI is InChI=1S/C13H17NO2.C2H5/c1-11(15)10-12-2-4-13(5-3-12)14-6-8-16-9-7-14;1-2/h2-5H,6-10H2,1H3;1H2,2H3. The fourth-order valence-corrected chi connectivity index (χ4v) is 1.93. The maximum atomic E-state index is 11.0. The molecule has 1 radical (unpaired) electrons. The lowest BCUT2D eigenvalue weighted by atomic mass is 10.1. The average molecular weight is 248 g/mol. The average Bonchev–Trinajstić information content (AvgIpc) is 2.42. The molecule has 0 saturated carbocycles. The molecule has 1 heterocycles. The van der Waals surface area contributed by atoms with Gasteiger partial charge in [-0.3, -0.25) is 4.79 Å². The largest absolute Gasteiger partial charge is 0.378 e. The Morgan fingerprint density at radius 3 is 2.28 bits per heavy atom. The summed E-state index contributed by atoms with van der Waals surface area (Å²) in [7, 11) is 0. The minimum Gasteiger partial charge on any atom is -0.378 e. The fraction of sp³-hybridized carbons (Fsp3) is 0.467. The number of ether oxygens (including phenoxy) is 1. The van der Waals surface area contributed by atoms with Crippen LogP contribution in [0.2, 0.25) is 0 Å². The van der Waals surface area contributed by atoms with E-state index in [1.54, 1.807) is 13.8 Å². The van der Waals surface area contributed by atoms with Crippen LogP contribution >= 0.6 is 0 Å². The van der Waals surface area contributed by atoms with Crippen LogP contribution in [0.3, 0.4) is 0 Å². The van der Waals surface area contributed by atoms with Crippen molar-refractivity contribution in [1.82, 2.24) is 0 Å². The third-order valence-corrected chi connectivity index (χ3v) is 2.77. The van der Waals surface area contributed by atoms with E-state index in [2.05, 4.69) is 24.0 Å². The third kappa shape index (κ3) is 4.49. The van der Waals surface area contributed by atoms with Gasteiger partial charge in [0.15, 0.2) is 0 Å². The van der Waals surface area contributed by atoms with Gasteiger partial charge in [0.1, 0.15) is 5.78 Å². The second-order valence-corrected chi connectivity index (χ2v) is 4.14. The summed E-state index contributed by atoms with van der Waals surface area (Å²) < 4.78 is 5.31. The van der Waals surface area contributed by atoms with Crippen molar-refractivity contribution in [2.75, 3.05) is 31.2 Å². The van der Waals surface area contributed by atoms with Gasteiger partial charge in [-0.05, 0) is 24.6 Å².